The smallest absolute Gasteiger partial charge is 0.254 e. The number of carbonyl (C=O) groups is 1. The van der Waals surface area contributed by atoms with Gasteiger partial charge in [-0.25, -0.2) is 14.4 Å². The number of likely N-dealkylation sites (tertiary alicyclic amines) is 1. The summed E-state index contributed by atoms with van der Waals surface area (Å²) in [5, 5.41) is 19.9. The molecule has 1 aliphatic rings. The van der Waals surface area contributed by atoms with Crippen LogP contribution in [0.1, 0.15) is 21.6 Å². The number of nitriles is 1. The minimum Gasteiger partial charge on any atom is -0.336 e. The first kappa shape index (κ1) is 19.6. The molecule has 0 aliphatic carbocycles. The predicted molar refractivity (Wildman–Crippen MR) is 116 cm³/mol. The fourth-order valence-electron chi connectivity index (χ4n) is 3.70. The van der Waals surface area contributed by atoms with Gasteiger partial charge < -0.3 is 10.2 Å². The van der Waals surface area contributed by atoms with E-state index < -0.39 is 0 Å². The van der Waals surface area contributed by atoms with Crippen LogP contribution in [-0.2, 0) is 6.42 Å². The Labute approximate surface area is 182 Å². The molecule has 0 radical (unpaired) electrons. The van der Waals surface area contributed by atoms with Crippen LogP contribution in [0.4, 0.5) is 16.0 Å². The molecule has 2 N–H and O–H groups in total. The van der Waals surface area contributed by atoms with E-state index in [1.54, 1.807) is 53.7 Å². The van der Waals surface area contributed by atoms with Crippen LogP contribution in [-0.4, -0.2) is 44.1 Å². The average molecular weight is 427 g/mol. The standard InChI is InChI=1S/C23H18FN7O/c24-18-4-2-1-3-15(18)7-19-17-11-27-30-20(17)9-22(28-19)29-21-8-16(5-6-26-21)23(32)31-12-14(10-25)13-31/h1-6,8-9,11,14H,7,12-13H2,(H,27,30)(H,26,28,29). The third kappa shape index (κ3) is 3.74. The maximum atomic E-state index is 14.2. The van der Waals surface area contributed by atoms with E-state index in [9.17, 15) is 9.18 Å². The van der Waals surface area contributed by atoms with Crippen molar-refractivity contribution in [2.75, 3.05) is 18.4 Å². The highest BCUT2D eigenvalue weighted by Crippen LogP contribution is 2.25. The maximum absolute atomic E-state index is 14.2. The van der Waals surface area contributed by atoms with Gasteiger partial charge in [-0.3, -0.25) is 9.89 Å². The summed E-state index contributed by atoms with van der Waals surface area (Å²) in [6, 6.07) is 13.8. The molecule has 1 fully saturated rings. The number of nitrogens with one attached hydrogen (secondary N) is 2. The minimum atomic E-state index is -0.290. The summed E-state index contributed by atoms with van der Waals surface area (Å²) >= 11 is 0. The number of benzene rings is 1. The zero-order chi connectivity index (χ0) is 22.1. The Morgan fingerprint density at radius 3 is 2.91 bits per heavy atom. The molecule has 8 nitrogen and oxygen atoms in total. The first-order valence-corrected chi connectivity index (χ1v) is 10.1. The molecule has 5 rings (SSSR count). The molecular weight excluding hydrogens is 409 g/mol. The quantitative estimate of drug-likeness (QED) is 0.505. The van der Waals surface area contributed by atoms with Crippen molar-refractivity contribution in [1.82, 2.24) is 25.1 Å². The predicted octanol–water partition coefficient (Wildman–Crippen LogP) is 3.42. The molecule has 158 valence electrons. The lowest BCUT2D eigenvalue weighted by atomic mass is 10.0. The second-order valence-electron chi connectivity index (χ2n) is 7.64. The number of halogens is 1. The van der Waals surface area contributed by atoms with Crippen molar-refractivity contribution in [3.8, 4) is 6.07 Å². The summed E-state index contributed by atoms with van der Waals surface area (Å²) in [4.78, 5) is 23.2. The van der Waals surface area contributed by atoms with Gasteiger partial charge >= 0.3 is 0 Å². The lowest BCUT2D eigenvalue weighted by Gasteiger charge is -2.35. The van der Waals surface area contributed by atoms with Crippen LogP contribution in [0.3, 0.4) is 0 Å². The minimum absolute atomic E-state index is 0.100. The molecule has 0 saturated carbocycles. The third-order valence-corrected chi connectivity index (χ3v) is 5.45. The molecule has 0 spiro atoms. The van der Waals surface area contributed by atoms with Gasteiger partial charge in [0.15, 0.2) is 0 Å². The second kappa shape index (κ2) is 8.07. The number of hydrogen-bond donors (Lipinski definition) is 2. The van der Waals surface area contributed by atoms with Gasteiger partial charge in [-0.1, -0.05) is 18.2 Å². The van der Waals surface area contributed by atoms with E-state index in [1.807, 2.05) is 0 Å². The van der Waals surface area contributed by atoms with Gasteiger partial charge in [0.25, 0.3) is 5.91 Å². The van der Waals surface area contributed by atoms with E-state index in [-0.39, 0.29) is 17.6 Å². The van der Waals surface area contributed by atoms with E-state index >= 15 is 0 Å². The fourth-order valence-corrected chi connectivity index (χ4v) is 3.70. The first-order chi connectivity index (χ1) is 15.6. The van der Waals surface area contributed by atoms with Gasteiger partial charge in [0.1, 0.15) is 17.5 Å². The molecular formula is C23H18FN7O. The van der Waals surface area contributed by atoms with Gasteiger partial charge in [0, 0.05) is 42.7 Å². The number of fused-ring (bicyclic) bond motifs is 1. The normalized spacial score (nSPS) is 13.6. The SMILES string of the molecule is N#CC1CN(C(=O)c2ccnc(Nc3cc4[nH]ncc4c(Cc4ccccc4F)n3)c2)C1. The summed E-state index contributed by atoms with van der Waals surface area (Å²) in [6.07, 6.45) is 3.52. The molecule has 3 aromatic heterocycles. The zero-order valence-corrected chi connectivity index (χ0v) is 16.9. The Balaban J connectivity index is 1.41. The summed E-state index contributed by atoms with van der Waals surface area (Å²) in [6.45, 7) is 0.885. The van der Waals surface area contributed by atoms with Crippen molar-refractivity contribution in [3.63, 3.8) is 0 Å². The lowest BCUT2D eigenvalue weighted by molar-refractivity contribution is 0.0577. The number of aromatic amines is 1. The van der Waals surface area contributed by atoms with Crippen molar-refractivity contribution in [3.05, 3.63) is 77.5 Å². The summed E-state index contributed by atoms with van der Waals surface area (Å²) in [5.41, 5.74) is 2.44. The van der Waals surface area contributed by atoms with E-state index in [4.69, 9.17) is 5.26 Å². The van der Waals surface area contributed by atoms with Crippen molar-refractivity contribution in [2.45, 2.75) is 6.42 Å². The van der Waals surface area contributed by atoms with Crippen LogP contribution in [0.2, 0.25) is 0 Å². The van der Waals surface area contributed by atoms with Gasteiger partial charge in [-0.05, 0) is 23.8 Å². The Bertz CT molecular complexity index is 1350. The monoisotopic (exact) mass is 427 g/mol. The fraction of sp³-hybridized carbons (Fsp3) is 0.174. The average Bonchev–Trinajstić information content (AvgIpc) is 3.24. The Morgan fingerprint density at radius 2 is 2.09 bits per heavy atom. The summed E-state index contributed by atoms with van der Waals surface area (Å²) in [5.74, 6) is 0.424. The summed E-state index contributed by atoms with van der Waals surface area (Å²) < 4.78 is 14.2. The van der Waals surface area contributed by atoms with Gasteiger partial charge in [0.05, 0.1) is 29.4 Å². The van der Waals surface area contributed by atoms with Crippen LogP contribution in [0, 0.1) is 23.1 Å². The second-order valence-corrected chi connectivity index (χ2v) is 7.64. The van der Waals surface area contributed by atoms with Gasteiger partial charge in [-0.15, -0.1) is 0 Å². The largest absolute Gasteiger partial charge is 0.336 e. The number of nitrogens with zero attached hydrogens (tertiary/aromatic N) is 5. The number of aromatic nitrogens is 4. The van der Waals surface area contributed by atoms with Crippen molar-refractivity contribution in [2.24, 2.45) is 5.92 Å². The molecule has 4 aromatic rings. The number of carbonyl (C=O) groups excluding carboxylic acids is 1. The van der Waals surface area contributed by atoms with E-state index in [2.05, 4.69) is 31.6 Å². The van der Waals surface area contributed by atoms with E-state index in [1.165, 1.54) is 6.07 Å². The molecule has 0 bridgehead atoms. The van der Waals surface area contributed by atoms with Crippen LogP contribution in [0.5, 0.6) is 0 Å². The molecule has 4 heterocycles. The Morgan fingerprint density at radius 1 is 1.25 bits per heavy atom. The molecule has 0 atom stereocenters. The third-order valence-electron chi connectivity index (χ3n) is 5.45. The number of hydrogen-bond acceptors (Lipinski definition) is 6. The molecule has 0 unspecified atom stereocenters. The van der Waals surface area contributed by atoms with Crippen LogP contribution < -0.4 is 5.32 Å². The Hall–Kier alpha value is -4.32. The number of H-pyrrole nitrogens is 1. The number of anilines is 2. The lowest BCUT2D eigenvalue weighted by Crippen LogP contribution is -2.49. The molecule has 1 amide bonds. The molecule has 32 heavy (non-hydrogen) atoms. The highest BCUT2D eigenvalue weighted by atomic mass is 19.1. The van der Waals surface area contributed by atoms with Gasteiger partial charge in [0.2, 0.25) is 0 Å². The molecule has 9 heteroatoms. The Kier molecular flexibility index (Phi) is 4.95. The van der Waals surface area contributed by atoms with Crippen LogP contribution >= 0.6 is 0 Å². The first-order valence-electron chi connectivity index (χ1n) is 10.1. The van der Waals surface area contributed by atoms with Crippen LogP contribution in [0.15, 0.2) is 54.9 Å². The van der Waals surface area contributed by atoms with Crippen LogP contribution in [0.25, 0.3) is 10.9 Å². The zero-order valence-electron chi connectivity index (χ0n) is 16.9. The molecule has 1 saturated heterocycles. The number of rotatable bonds is 5. The van der Waals surface area contributed by atoms with E-state index in [0.717, 1.165) is 10.9 Å². The number of amides is 1. The maximum Gasteiger partial charge on any atom is 0.254 e. The topological polar surface area (TPSA) is 111 Å². The van der Waals surface area contributed by atoms with Crippen molar-refractivity contribution in [1.29, 1.82) is 5.26 Å². The van der Waals surface area contributed by atoms with Crippen molar-refractivity contribution < 1.29 is 9.18 Å². The highest BCUT2D eigenvalue weighted by Gasteiger charge is 2.31. The van der Waals surface area contributed by atoms with Crippen molar-refractivity contribution >= 4 is 28.4 Å². The molecule has 1 aromatic carbocycles. The molecule has 1 aliphatic heterocycles. The highest BCUT2D eigenvalue weighted by molar-refractivity contribution is 5.95. The summed E-state index contributed by atoms with van der Waals surface area (Å²) in [7, 11) is 0. The van der Waals surface area contributed by atoms with E-state index in [0.29, 0.717) is 48.0 Å². The van der Waals surface area contributed by atoms with Gasteiger partial charge in [-0.2, -0.15) is 10.4 Å². The number of pyridine rings is 2.